The second-order valence-corrected chi connectivity index (χ2v) is 10.8. The summed E-state index contributed by atoms with van der Waals surface area (Å²) in [6, 6.07) is 4.96. The standard InChI is InChI=1S/C22H28ClN7O5S/c1-13(17-8-6-10-35-17)30-21(16-7-5-9-18(26-16)33-3)27-28-22(30)29-36(31,32)14(2)19(34-4)20-24-11-15(23)12-25-20/h5,7,9,11-14,17,19H,6,8,10H2,1-4H3,(H,28,29)/t13-,14+,17?,19+/m1/s1. The fraction of sp³-hybridized carbons (Fsp3) is 0.500. The Morgan fingerprint density at radius 2 is 1.94 bits per heavy atom. The van der Waals surface area contributed by atoms with Gasteiger partial charge in [0.1, 0.15) is 17.0 Å². The van der Waals surface area contributed by atoms with Crippen molar-refractivity contribution in [1.82, 2.24) is 29.7 Å². The van der Waals surface area contributed by atoms with E-state index in [0.29, 0.717) is 29.0 Å². The number of anilines is 1. The molecule has 4 atom stereocenters. The third kappa shape index (κ3) is 5.43. The van der Waals surface area contributed by atoms with Crippen LogP contribution in [0.3, 0.4) is 0 Å². The van der Waals surface area contributed by atoms with Crippen molar-refractivity contribution in [3.05, 3.63) is 41.4 Å². The Bertz CT molecular complexity index is 1280. The highest BCUT2D eigenvalue weighted by Crippen LogP contribution is 2.33. The minimum absolute atomic E-state index is 0.0383. The third-order valence-corrected chi connectivity index (χ3v) is 7.95. The molecule has 3 aromatic rings. The molecule has 1 aliphatic rings. The van der Waals surface area contributed by atoms with Crippen LogP contribution in [0.4, 0.5) is 5.95 Å². The predicted molar refractivity (Wildman–Crippen MR) is 132 cm³/mol. The molecule has 1 fully saturated rings. The maximum absolute atomic E-state index is 13.5. The number of aromatic nitrogens is 6. The number of nitrogens with zero attached hydrogens (tertiary/aromatic N) is 6. The molecule has 12 nitrogen and oxygen atoms in total. The lowest BCUT2D eigenvalue weighted by molar-refractivity contribution is 0.0743. The fourth-order valence-electron chi connectivity index (χ4n) is 4.08. The molecule has 1 aliphatic heterocycles. The molecule has 36 heavy (non-hydrogen) atoms. The number of rotatable bonds is 10. The summed E-state index contributed by atoms with van der Waals surface area (Å²) in [4.78, 5) is 12.7. The van der Waals surface area contributed by atoms with Crippen LogP contribution in [0.5, 0.6) is 5.88 Å². The van der Waals surface area contributed by atoms with Crippen molar-refractivity contribution in [3.63, 3.8) is 0 Å². The van der Waals surface area contributed by atoms with E-state index in [1.807, 2.05) is 6.92 Å². The van der Waals surface area contributed by atoms with Crippen molar-refractivity contribution in [1.29, 1.82) is 0 Å². The van der Waals surface area contributed by atoms with Crippen molar-refractivity contribution in [2.45, 2.75) is 50.2 Å². The third-order valence-electron chi connectivity index (χ3n) is 6.07. The van der Waals surface area contributed by atoms with Crippen LogP contribution < -0.4 is 9.46 Å². The second-order valence-electron chi connectivity index (χ2n) is 8.34. The molecule has 0 spiro atoms. The Hall–Kier alpha value is -2.87. The van der Waals surface area contributed by atoms with E-state index in [2.05, 4.69) is 29.9 Å². The van der Waals surface area contributed by atoms with Crippen molar-refractivity contribution < 1.29 is 22.6 Å². The molecule has 0 aromatic carbocycles. The van der Waals surface area contributed by atoms with Crippen molar-refractivity contribution in [3.8, 4) is 17.4 Å². The zero-order chi connectivity index (χ0) is 25.9. The van der Waals surface area contributed by atoms with E-state index < -0.39 is 21.4 Å². The van der Waals surface area contributed by atoms with Crippen LogP contribution in [0.2, 0.25) is 5.02 Å². The molecule has 14 heteroatoms. The Labute approximate surface area is 214 Å². The van der Waals surface area contributed by atoms with Gasteiger partial charge in [-0.05, 0) is 32.8 Å². The Morgan fingerprint density at radius 3 is 2.58 bits per heavy atom. The summed E-state index contributed by atoms with van der Waals surface area (Å²) in [6.07, 6.45) is 3.42. The highest BCUT2D eigenvalue weighted by molar-refractivity contribution is 7.93. The number of hydrogen-bond donors (Lipinski definition) is 1. The molecule has 4 heterocycles. The molecule has 0 amide bonds. The lowest BCUT2D eigenvalue weighted by Crippen LogP contribution is -2.34. The summed E-state index contributed by atoms with van der Waals surface area (Å²) in [7, 11) is -1.13. The topological polar surface area (TPSA) is 143 Å². The monoisotopic (exact) mass is 537 g/mol. The lowest BCUT2D eigenvalue weighted by Gasteiger charge is -2.25. The summed E-state index contributed by atoms with van der Waals surface area (Å²) < 4.78 is 47.8. The summed E-state index contributed by atoms with van der Waals surface area (Å²) in [6.45, 7) is 4.07. The number of ether oxygens (including phenoxy) is 3. The molecule has 3 aromatic heterocycles. The van der Waals surface area contributed by atoms with Gasteiger partial charge < -0.3 is 14.2 Å². The zero-order valence-corrected chi connectivity index (χ0v) is 21.9. The molecule has 4 rings (SSSR count). The minimum Gasteiger partial charge on any atom is -0.481 e. The van der Waals surface area contributed by atoms with Gasteiger partial charge in [-0.1, -0.05) is 17.7 Å². The quantitative estimate of drug-likeness (QED) is 0.409. The van der Waals surface area contributed by atoms with E-state index in [0.717, 1.165) is 12.8 Å². The minimum atomic E-state index is -4.04. The van der Waals surface area contributed by atoms with Crippen molar-refractivity contribution in [2.75, 3.05) is 25.5 Å². The van der Waals surface area contributed by atoms with Crippen LogP contribution in [-0.4, -0.2) is 70.3 Å². The van der Waals surface area contributed by atoms with Crippen LogP contribution in [0, 0.1) is 0 Å². The van der Waals surface area contributed by atoms with E-state index in [-0.39, 0.29) is 23.9 Å². The van der Waals surface area contributed by atoms with E-state index in [4.69, 9.17) is 25.8 Å². The fourth-order valence-corrected chi connectivity index (χ4v) is 5.32. The van der Waals surface area contributed by atoms with E-state index in [1.54, 1.807) is 22.8 Å². The highest BCUT2D eigenvalue weighted by atomic mass is 35.5. The van der Waals surface area contributed by atoms with Crippen molar-refractivity contribution >= 4 is 27.6 Å². The first kappa shape index (κ1) is 26.2. The van der Waals surface area contributed by atoms with Crippen LogP contribution >= 0.6 is 11.6 Å². The van der Waals surface area contributed by atoms with E-state index in [9.17, 15) is 8.42 Å². The lowest BCUT2D eigenvalue weighted by atomic mass is 10.1. The molecular formula is C22H28ClN7O5S. The number of pyridine rings is 1. The Kier molecular flexibility index (Phi) is 8.03. The van der Waals surface area contributed by atoms with Gasteiger partial charge in [-0.25, -0.2) is 23.4 Å². The van der Waals surface area contributed by atoms with E-state index >= 15 is 0 Å². The molecule has 1 N–H and O–H groups in total. The molecular weight excluding hydrogens is 510 g/mol. The highest BCUT2D eigenvalue weighted by Gasteiger charge is 2.36. The number of hydrogen-bond acceptors (Lipinski definition) is 10. The van der Waals surface area contributed by atoms with Crippen LogP contribution in [0.15, 0.2) is 30.6 Å². The Balaban J connectivity index is 1.70. The normalized spacial score (nSPS) is 18.5. The molecule has 0 radical (unpaired) electrons. The number of halogens is 1. The number of sulfonamides is 1. The summed E-state index contributed by atoms with van der Waals surface area (Å²) in [5.41, 5.74) is 0.481. The van der Waals surface area contributed by atoms with Gasteiger partial charge in [0.2, 0.25) is 21.9 Å². The van der Waals surface area contributed by atoms with Gasteiger partial charge in [-0.3, -0.25) is 9.29 Å². The van der Waals surface area contributed by atoms with Gasteiger partial charge in [0.15, 0.2) is 11.6 Å². The SMILES string of the molecule is COc1cccc(-c2nnc(NS(=O)(=O)[C@@H](C)[C@H](OC)c3ncc(Cl)cn3)n2[C@H](C)C2CCCO2)n1. The maximum Gasteiger partial charge on any atom is 0.240 e. The van der Waals surface area contributed by atoms with Gasteiger partial charge in [-0.15, -0.1) is 10.2 Å². The first-order valence-electron chi connectivity index (χ1n) is 11.3. The van der Waals surface area contributed by atoms with Gasteiger partial charge in [-0.2, -0.15) is 0 Å². The second kappa shape index (κ2) is 11.0. The maximum atomic E-state index is 13.5. The van der Waals surface area contributed by atoms with Crippen molar-refractivity contribution in [2.24, 2.45) is 0 Å². The average Bonchev–Trinajstić information content (AvgIpc) is 3.55. The van der Waals surface area contributed by atoms with E-state index in [1.165, 1.54) is 33.5 Å². The predicted octanol–water partition coefficient (Wildman–Crippen LogP) is 3.05. The average molecular weight is 538 g/mol. The molecule has 1 unspecified atom stereocenters. The summed E-state index contributed by atoms with van der Waals surface area (Å²) in [5, 5.41) is 7.70. The first-order chi connectivity index (χ1) is 17.2. The molecule has 0 saturated carbocycles. The van der Waals surface area contributed by atoms with Gasteiger partial charge in [0, 0.05) is 32.2 Å². The van der Waals surface area contributed by atoms with Gasteiger partial charge in [0.25, 0.3) is 0 Å². The van der Waals surface area contributed by atoms with Crippen LogP contribution in [0.25, 0.3) is 11.5 Å². The number of nitrogens with one attached hydrogen (secondary N) is 1. The van der Waals surface area contributed by atoms with Gasteiger partial charge in [0.05, 0.1) is 24.3 Å². The Morgan fingerprint density at radius 1 is 1.19 bits per heavy atom. The molecule has 194 valence electrons. The summed E-state index contributed by atoms with van der Waals surface area (Å²) >= 11 is 5.87. The molecule has 0 bridgehead atoms. The molecule has 1 saturated heterocycles. The van der Waals surface area contributed by atoms with Crippen LogP contribution in [0.1, 0.15) is 44.7 Å². The first-order valence-corrected chi connectivity index (χ1v) is 13.3. The largest absolute Gasteiger partial charge is 0.481 e. The zero-order valence-electron chi connectivity index (χ0n) is 20.3. The smallest absolute Gasteiger partial charge is 0.240 e. The van der Waals surface area contributed by atoms with Gasteiger partial charge >= 0.3 is 0 Å². The number of methoxy groups -OCH3 is 2. The summed E-state index contributed by atoms with van der Waals surface area (Å²) in [5.74, 6) is 1.01. The molecule has 0 aliphatic carbocycles. The van der Waals surface area contributed by atoms with Crippen LogP contribution in [-0.2, 0) is 19.5 Å².